The third-order valence-corrected chi connectivity index (χ3v) is 130. The largest absolute Gasteiger partial charge is 0.111 e. The Hall–Kier alpha value is -2.04. The molecule has 0 amide bonds. The molecule has 4 aromatic carbocycles. The first kappa shape index (κ1) is 36.3. The van der Waals surface area contributed by atoms with Crippen LogP contribution in [0.25, 0.3) is 0 Å². The summed E-state index contributed by atoms with van der Waals surface area (Å²) in [6, 6.07) is 49.5. The van der Waals surface area contributed by atoms with E-state index in [9.17, 15) is 0 Å². The van der Waals surface area contributed by atoms with Gasteiger partial charge < -0.3 is 0 Å². The fourth-order valence-electron chi connectivity index (χ4n) is 14.8. The van der Waals surface area contributed by atoms with Gasteiger partial charge in [-0.25, -0.2) is 0 Å². The summed E-state index contributed by atoms with van der Waals surface area (Å²) in [6.07, 6.45) is 0. The fourth-order valence-corrected chi connectivity index (χ4v) is 247. The average molecular weight is 707 g/mol. The number of rotatable bonds is 4. The lowest BCUT2D eigenvalue weighted by Crippen LogP contribution is -2.98. The molecule has 1 fully saturated rings. The molecule has 5 heteroatoms. The SMILES string of the molecule is CC(C)(C)[Si]1(C(C)(C)C)[Si](C)(C)[Si](C(C)(C)C)(C(C)(C)C)[Si](c2ccccc2)(c2ccccc2)[Si]1(c1ccccc1)c1ccccc1. The highest BCUT2D eigenvalue weighted by molar-refractivity contribution is 8.21. The van der Waals surface area contributed by atoms with Crippen molar-refractivity contribution in [3.63, 3.8) is 0 Å². The zero-order chi connectivity index (χ0) is 35.0. The minimum absolute atomic E-state index is 0.173. The highest BCUT2D eigenvalue weighted by Crippen LogP contribution is 2.74. The lowest BCUT2D eigenvalue weighted by Gasteiger charge is -2.67. The predicted molar refractivity (Wildman–Crippen MR) is 224 cm³/mol. The Morgan fingerprint density at radius 3 is 0.617 bits per heavy atom. The van der Waals surface area contributed by atoms with Gasteiger partial charge >= 0.3 is 0 Å². The maximum absolute atomic E-state index is 3.02. The molecule has 1 heterocycles. The van der Waals surface area contributed by atoms with E-state index in [4.69, 9.17) is 0 Å². The molecule has 0 aromatic heterocycles. The van der Waals surface area contributed by atoms with Crippen LogP contribution in [-0.2, 0) is 0 Å². The first-order valence-electron chi connectivity index (χ1n) is 17.9. The summed E-state index contributed by atoms with van der Waals surface area (Å²) in [5.41, 5.74) is 0. The predicted octanol–water partition coefficient (Wildman–Crippen LogP) is 9.72. The zero-order valence-corrected chi connectivity index (χ0v) is 37.0. The van der Waals surface area contributed by atoms with Gasteiger partial charge in [0.2, 0.25) is 0 Å². The molecule has 0 bridgehead atoms. The van der Waals surface area contributed by atoms with E-state index in [1.165, 1.54) is 0 Å². The molecule has 0 atom stereocenters. The van der Waals surface area contributed by atoms with Crippen molar-refractivity contribution in [1.29, 1.82) is 0 Å². The van der Waals surface area contributed by atoms with Crippen molar-refractivity contribution in [3.8, 4) is 0 Å². The van der Waals surface area contributed by atoms with Gasteiger partial charge in [0.15, 0.2) is 0 Å². The van der Waals surface area contributed by atoms with Gasteiger partial charge in [0.05, 0.1) is 14.2 Å². The molecule has 0 unspecified atom stereocenters. The molecule has 4 aromatic rings. The molecule has 250 valence electrons. The molecule has 0 radical (unpaired) electrons. The van der Waals surface area contributed by atoms with Crippen LogP contribution in [0.3, 0.4) is 0 Å². The van der Waals surface area contributed by atoms with Crippen molar-refractivity contribution in [2.75, 3.05) is 0 Å². The van der Waals surface area contributed by atoms with Crippen molar-refractivity contribution in [1.82, 2.24) is 0 Å². The smallest absolute Gasteiger partial charge is 0.0734 e. The Bertz CT molecular complexity index is 1430. The third-order valence-electron chi connectivity index (χ3n) is 12.9. The monoisotopic (exact) mass is 706 g/mol. The van der Waals surface area contributed by atoms with Crippen LogP contribution >= 0.6 is 0 Å². The van der Waals surface area contributed by atoms with E-state index in [-0.39, 0.29) is 20.2 Å². The quantitative estimate of drug-likeness (QED) is 0.186. The van der Waals surface area contributed by atoms with Crippen LogP contribution in [0.2, 0.25) is 33.2 Å². The standard InChI is InChI=1S/C42H62Si5/c1-39(2,3)46(40(4,5)6)43(13,14)47(41(7,8)9,42(10,11)12)45(37-31-23-17-24-32-37,38-33-25-18-26-34-38)44(46,35-27-19-15-20-28-35)36-29-21-16-22-30-36/h15-34H,1-14H3. The van der Waals surface area contributed by atoms with Gasteiger partial charge in [-0.1, -0.05) is 238 Å². The summed E-state index contributed by atoms with van der Waals surface area (Å²) in [4.78, 5) is 0. The van der Waals surface area contributed by atoms with Gasteiger partial charge in [-0.15, -0.1) is 0 Å². The Kier molecular flexibility index (Phi) is 8.88. The topological polar surface area (TPSA) is 0 Å². The van der Waals surface area contributed by atoms with Crippen molar-refractivity contribution >= 4 is 56.3 Å². The van der Waals surface area contributed by atoms with Gasteiger partial charge in [-0.05, 0) is 20.2 Å². The lowest BCUT2D eigenvalue weighted by atomic mass is 10.2. The zero-order valence-electron chi connectivity index (χ0n) is 32.0. The second-order valence-electron chi connectivity index (χ2n) is 19.1. The number of benzene rings is 4. The molecule has 0 N–H and O–H groups in total. The number of hydrogen-bond donors (Lipinski definition) is 0. The highest BCUT2D eigenvalue weighted by Gasteiger charge is 2.95. The van der Waals surface area contributed by atoms with Crippen LogP contribution in [-0.4, -0.2) is 35.5 Å². The van der Waals surface area contributed by atoms with E-state index in [1.807, 2.05) is 0 Å². The van der Waals surface area contributed by atoms with Crippen molar-refractivity contribution in [3.05, 3.63) is 121 Å². The molecule has 1 aliphatic rings. The van der Waals surface area contributed by atoms with E-state index < -0.39 is 35.5 Å². The van der Waals surface area contributed by atoms with Gasteiger partial charge in [0.1, 0.15) is 14.2 Å². The van der Waals surface area contributed by atoms with Crippen LogP contribution < -0.4 is 20.7 Å². The first-order chi connectivity index (χ1) is 21.7. The van der Waals surface area contributed by atoms with Crippen LogP contribution in [0.15, 0.2) is 121 Å². The van der Waals surface area contributed by atoms with E-state index in [1.54, 1.807) is 20.7 Å². The highest BCUT2D eigenvalue weighted by atomic mass is 30.2. The van der Waals surface area contributed by atoms with Crippen LogP contribution in [0, 0.1) is 0 Å². The third kappa shape index (κ3) is 4.25. The van der Waals surface area contributed by atoms with Crippen molar-refractivity contribution < 1.29 is 0 Å². The average Bonchev–Trinajstić information content (AvgIpc) is 3.16. The summed E-state index contributed by atoms with van der Waals surface area (Å²) in [5.74, 6) is 0. The van der Waals surface area contributed by atoms with Crippen LogP contribution in [0.1, 0.15) is 83.1 Å². The van der Waals surface area contributed by atoms with Gasteiger partial charge in [0.25, 0.3) is 0 Å². The van der Waals surface area contributed by atoms with Crippen LogP contribution in [0.5, 0.6) is 0 Å². The Balaban J connectivity index is 2.43. The Morgan fingerprint density at radius 1 is 0.298 bits per heavy atom. The van der Waals surface area contributed by atoms with E-state index in [0.29, 0.717) is 0 Å². The lowest BCUT2D eigenvalue weighted by molar-refractivity contribution is 0.639. The van der Waals surface area contributed by atoms with E-state index in [0.717, 1.165) is 0 Å². The minimum Gasteiger partial charge on any atom is -0.0734 e. The van der Waals surface area contributed by atoms with E-state index in [2.05, 4.69) is 218 Å². The Labute approximate surface area is 292 Å². The maximum atomic E-state index is 3.02. The van der Waals surface area contributed by atoms with E-state index >= 15 is 0 Å². The maximum Gasteiger partial charge on any atom is 0.111 e. The van der Waals surface area contributed by atoms with Crippen LogP contribution in [0.4, 0.5) is 0 Å². The summed E-state index contributed by atoms with van der Waals surface area (Å²) >= 11 is 0. The van der Waals surface area contributed by atoms with Crippen molar-refractivity contribution in [2.24, 2.45) is 0 Å². The molecular weight excluding hydrogens is 645 g/mol. The second-order valence-corrected chi connectivity index (χ2v) is 69.6. The normalized spacial score (nSPS) is 20.1. The molecule has 0 saturated carbocycles. The molecule has 1 saturated heterocycles. The summed E-state index contributed by atoms with van der Waals surface area (Å²) in [6.45, 7) is 38.8. The molecule has 47 heavy (non-hydrogen) atoms. The molecule has 0 spiro atoms. The molecule has 0 nitrogen and oxygen atoms in total. The van der Waals surface area contributed by atoms with Gasteiger partial charge in [-0.3, -0.25) is 0 Å². The molecule has 1 aliphatic heterocycles. The van der Waals surface area contributed by atoms with Gasteiger partial charge in [-0.2, -0.15) is 0 Å². The Morgan fingerprint density at radius 2 is 0.468 bits per heavy atom. The summed E-state index contributed by atoms with van der Waals surface area (Å²) < 4.78 is 0. The summed E-state index contributed by atoms with van der Waals surface area (Å²) in [5, 5.41) is 7.60. The second kappa shape index (κ2) is 11.5. The first-order valence-corrected chi connectivity index (χ1v) is 33.9. The summed E-state index contributed by atoms with van der Waals surface area (Å²) in [7, 11) is -12.8. The molecular formula is C42H62Si5. The minimum atomic E-state index is -2.79. The van der Waals surface area contributed by atoms with Gasteiger partial charge in [0, 0.05) is 7.11 Å². The fraction of sp³-hybridized carbons (Fsp3) is 0.429. The number of hydrogen-bond acceptors (Lipinski definition) is 0. The van der Waals surface area contributed by atoms with Crippen molar-refractivity contribution in [2.45, 2.75) is 116 Å². The molecule has 0 aliphatic carbocycles. The molecule has 5 rings (SSSR count).